The summed E-state index contributed by atoms with van der Waals surface area (Å²) in [7, 11) is 0. The Bertz CT molecular complexity index is 541. The van der Waals surface area contributed by atoms with E-state index in [0.29, 0.717) is 0 Å². The molecule has 2 aromatic rings. The van der Waals surface area contributed by atoms with E-state index in [1.807, 2.05) is 42.5 Å². The van der Waals surface area contributed by atoms with Crippen molar-refractivity contribution in [2.24, 2.45) is 0 Å². The molecule has 0 nitrogen and oxygen atoms in total. The SMILES string of the molecule is C=CCC(C#Cc1ccccc1)c1ccccc1. The maximum absolute atomic E-state index is 3.81. The lowest BCUT2D eigenvalue weighted by Gasteiger charge is -2.07. The van der Waals surface area contributed by atoms with Crippen molar-refractivity contribution in [2.45, 2.75) is 12.3 Å². The molecule has 88 valence electrons. The summed E-state index contributed by atoms with van der Waals surface area (Å²) in [4.78, 5) is 0. The van der Waals surface area contributed by atoms with Crippen molar-refractivity contribution in [1.82, 2.24) is 0 Å². The van der Waals surface area contributed by atoms with Gasteiger partial charge in [-0.2, -0.15) is 0 Å². The largest absolute Gasteiger partial charge is 0.103 e. The number of hydrogen-bond donors (Lipinski definition) is 0. The summed E-state index contributed by atoms with van der Waals surface area (Å²) in [6.07, 6.45) is 2.81. The van der Waals surface area contributed by atoms with E-state index in [0.717, 1.165) is 12.0 Å². The van der Waals surface area contributed by atoms with Gasteiger partial charge in [-0.05, 0) is 24.1 Å². The fourth-order valence-electron chi connectivity index (χ4n) is 1.82. The van der Waals surface area contributed by atoms with Crippen molar-refractivity contribution < 1.29 is 0 Å². The van der Waals surface area contributed by atoms with Crippen molar-refractivity contribution in [3.05, 3.63) is 84.4 Å². The Labute approximate surface area is 109 Å². The summed E-state index contributed by atoms with van der Waals surface area (Å²) in [5.74, 6) is 6.79. The van der Waals surface area contributed by atoms with Crippen LogP contribution in [0.2, 0.25) is 0 Å². The van der Waals surface area contributed by atoms with Crippen LogP contribution in [0.3, 0.4) is 0 Å². The Balaban J connectivity index is 2.23. The summed E-state index contributed by atoms with van der Waals surface area (Å²) in [5.41, 5.74) is 2.31. The van der Waals surface area contributed by atoms with Gasteiger partial charge >= 0.3 is 0 Å². The summed E-state index contributed by atoms with van der Waals surface area (Å²) in [5, 5.41) is 0. The molecule has 1 atom stereocenters. The molecule has 0 saturated carbocycles. The monoisotopic (exact) mass is 232 g/mol. The Morgan fingerprint density at radius 3 is 2.17 bits per heavy atom. The smallest absolute Gasteiger partial charge is 0.0490 e. The van der Waals surface area contributed by atoms with Gasteiger partial charge in [0.25, 0.3) is 0 Å². The zero-order valence-electron chi connectivity index (χ0n) is 10.3. The second-order valence-corrected chi connectivity index (χ2v) is 4.12. The van der Waals surface area contributed by atoms with Gasteiger partial charge in [-0.3, -0.25) is 0 Å². The maximum atomic E-state index is 3.81. The van der Waals surface area contributed by atoms with Gasteiger partial charge in [0.1, 0.15) is 0 Å². The molecular weight excluding hydrogens is 216 g/mol. The van der Waals surface area contributed by atoms with Crippen LogP contribution in [0.5, 0.6) is 0 Å². The second kappa shape index (κ2) is 6.47. The van der Waals surface area contributed by atoms with Crippen LogP contribution < -0.4 is 0 Å². The quantitative estimate of drug-likeness (QED) is 0.543. The Morgan fingerprint density at radius 1 is 0.944 bits per heavy atom. The van der Waals surface area contributed by atoms with Crippen LogP contribution in [-0.2, 0) is 0 Å². The molecule has 0 spiro atoms. The van der Waals surface area contributed by atoms with E-state index >= 15 is 0 Å². The highest BCUT2D eigenvalue weighted by Crippen LogP contribution is 2.18. The molecule has 0 aliphatic heterocycles. The fraction of sp³-hybridized carbons (Fsp3) is 0.111. The standard InChI is InChI=1S/C18H16/c1-2-9-17(18-12-7-4-8-13-18)15-14-16-10-5-3-6-11-16/h2-8,10-13,17H,1,9H2. The Morgan fingerprint density at radius 2 is 1.56 bits per heavy atom. The van der Waals surface area contributed by atoms with Crippen LogP contribution in [0.15, 0.2) is 73.3 Å². The van der Waals surface area contributed by atoms with E-state index in [2.05, 4.69) is 42.7 Å². The van der Waals surface area contributed by atoms with Crippen molar-refractivity contribution in [1.29, 1.82) is 0 Å². The minimum atomic E-state index is 0.226. The molecule has 0 amide bonds. The lowest BCUT2D eigenvalue weighted by atomic mass is 9.96. The zero-order chi connectivity index (χ0) is 12.6. The molecule has 0 aliphatic carbocycles. The molecule has 0 heteroatoms. The van der Waals surface area contributed by atoms with Crippen LogP contribution in [0.25, 0.3) is 0 Å². The van der Waals surface area contributed by atoms with Crippen LogP contribution >= 0.6 is 0 Å². The fourth-order valence-corrected chi connectivity index (χ4v) is 1.82. The zero-order valence-corrected chi connectivity index (χ0v) is 10.3. The Kier molecular flexibility index (Phi) is 4.39. The van der Waals surface area contributed by atoms with E-state index in [4.69, 9.17) is 0 Å². The highest BCUT2D eigenvalue weighted by Gasteiger charge is 2.04. The van der Waals surface area contributed by atoms with Crippen molar-refractivity contribution in [3.8, 4) is 11.8 Å². The van der Waals surface area contributed by atoms with Crippen LogP contribution in [0, 0.1) is 11.8 Å². The average molecular weight is 232 g/mol. The lowest BCUT2D eigenvalue weighted by molar-refractivity contribution is 0.894. The highest BCUT2D eigenvalue weighted by molar-refractivity contribution is 5.38. The number of hydrogen-bond acceptors (Lipinski definition) is 0. The minimum absolute atomic E-state index is 0.226. The van der Waals surface area contributed by atoms with Crippen molar-refractivity contribution >= 4 is 0 Å². The molecule has 0 N–H and O–H groups in total. The molecule has 0 radical (unpaired) electrons. The van der Waals surface area contributed by atoms with E-state index in [9.17, 15) is 0 Å². The first kappa shape index (κ1) is 12.2. The first-order chi connectivity index (χ1) is 8.90. The summed E-state index contributed by atoms with van der Waals surface area (Å²) in [6.45, 7) is 3.81. The third-order valence-electron chi connectivity index (χ3n) is 2.77. The molecule has 0 heterocycles. The molecular formula is C18H16. The van der Waals surface area contributed by atoms with E-state index in [-0.39, 0.29) is 5.92 Å². The van der Waals surface area contributed by atoms with Crippen molar-refractivity contribution in [3.63, 3.8) is 0 Å². The lowest BCUT2D eigenvalue weighted by Crippen LogP contribution is -1.93. The molecule has 0 fully saturated rings. The van der Waals surface area contributed by atoms with Gasteiger partial charge < -0.3 is 0 Å². The molecule has 2 aromatic carbocycles. The van der Waals surface area contributed by atoms with Gasteiger partial charge in [0.2, 0.25) is 0 Å². The molecule has 0 saturated heterocycles. The van der Waals surface area contributed by atoms with Gasteiger partial charge in [-0.15, -0.1) is 6.58 Å². The minimum Gasteiger partial charge on any atom is -0.103 e. The van der Waals surface area contributed by atoms with Crippen LogP contribution in [-0.4, -0.2) is 0 Å². The van der Waals surface area contributed by atoms with Crippen LogP contribution in [0.1, 0.15) is 23.5 Å². The van der Waals surface area contributed by atoms with Gasteiger partial charge in [0, 0.05) is 11.5 Å². The topological polar surface area (TPSA) is 0 Å². The first-order valence-electron chi connectivity index (χ1n) is 6.12. The maximum Gasteiger partial charge on any atom is 0.0490 e. The summed E-state index contributed by atoms with van der Waals surface area (Å²) in [6, 6.07) is 20.5. The van der Waals surface area contributed by atoms with E-state index < -0.39 is 0 Å². The predicted octanol–water partition coefficient (Wildman–Crippen LogP) is 4.40. The second-order valence-electron chi connectivity index (χ2n) is 4.12. The van der Waals surface area contributed by atoms with Crippen molar-refractivity contribution in [2.75, 3.05) is 0 Å². The molecule has 0 bridgehead atoms. The van der Waals surface area contributed by atoms with E-state index in [1.165, 1.54) is 5.56 Å². The molecule has 2 rings (SSSR count). The summed E-state index contributed by atoms with van der Waals surface area (Å²) >= 11 is 0. The number of rotatable bonds is 3. The normalized spacial score (nSPS) is 11.1. The summed E-state index contributed by atoms with van der Waals surface area (Å²) < 4.78 is 0. The highest BCUT2D eigenvalue weighted by atomic mass is 14.1. The molecule has 0 aliphatic rings. The third kappa shape index (κ3) is 3.37. The molecule has 18 heavy (non-hydrogen) atoms. The Hall–Kier alpha value is -2.26. The van der Waals surface area contributed by atoms with Gasteiger partial charge in [0.15, 0.2) is 0 Å². The van der Waals surface area contributed by atoms with Gasteiger partial charge in [-0.1, -0.05) is 66.4 Å². The van der Waals surface area contributed by atoms with Crippen LogP contribution in [0.4, 0.5) is 0 Å². The number of benzene rings is 2. The molecule has 1 unspecified atom stereocenters. The average Bonchev–Trinajstić information content (AvgIpc) is 2.45. The van der Waals surface area contributed by atoms with E-state index in [1.54, 1.807) is 0 Å². The predicted molar refractivity (Wildman–Crippen MR) is 77.3 cm³/mol. The first-order valence-corrected chi connectivity index (χ1v) is 6.12. The van der Waals surface area contributed by atoms with Gasteiger partial charge in [0.05, 0.1) is 0 Å². The number of allylic oxidation sites excluding steroid dienone is 1. The third-order valence-corrected chi connectivity index (χ3v) is 2.77. The van der Waals surface area contributed by atoms with Gasteiger partial charge in [-0.25, -0.2) is 0 Å². The molecule has 0 aromatic heterocycles.